The monoisotopic (exact) mass is 625 g/mol. The molecule has 42 heavy (non-hydrogen) atoms. The molecule has 0 aliphatic carbocycles. The molecule has 9 heteroatoms. The maximum Gasteiger partial charge on any atom is 0.331 e. The van der Waals surface area contributed by atoms with Gasteiger partial charge in [-0.1, -0.05) is 50.5 Å². The molecule has 0 aliphatic rings. The number of carbonyl (C=O) groups excluding carboxylic acids is 3. The minimum absolute atomic E-state index is 0.0700. The number of oxime groups is 2. The number of benzene rings is 4. The van der Waals surface area contributed by atoms with Crippen LogP contribution in [0.15, 0.2) is 112 Å². The van der Waals surface area contributed by atoms with Gasteiger partial charge in [-0.05, 0) is 97.8 Å². The van der Waals surface area contributed by atoms with E-state index >= 15 is 0 Å². The van der Waals surface area contributed by atoms with Crippen molar-refractivity contribution >= 4 is 62.1 Å². The molecule has 0 amide bonds. The highest BCUT2D eigenvalue weighted by Crippen LogP contribution is 2.35. The number of ketones is 1. The van der Waals surface area contributed by atoms with E-state index in [1.165, 1.54) is 13.8 Å². The van der Waals surface area contributed by atoms with Crippen molar-refractivity contribution < 1.29 is 24.1 Å². The number of carbonyl (C=O) groups is 3. The van der Waals surface area contributed by atoms with Crippen molar-refractivity contribution in [2.75, 3.05) is 4.90 Å². The van der Waals surface area contributed by atoms with Crippen LogP contribution in [0.5, 0.6) is 0 Å². The number of hydrogen-bond donors (Lipinski definition) is 0. The molecule has 212 valence electrons. The molecular weight excluding hydrogens is 598 g/mol. The molecule has 0 radical (unpaired) electrons. The van der Waals surface area contributed by atoms with Gasteiger partial charge < -0.3 is 14.6 Å². The van der Waals surface area contributed by atoms with Crippen LogP contribution in [0, 0.1) is 0 Å². The highest BCUT2D eigenvalue weighted by Gasteiger charge is 2.16. The van der Waals surface area contributed by atoms with E-state index in [1.54, 1.807) is 38.1 Å². The van der Waals surface area contributed by atoms with Crippen LogP contribution >= 0.6 is 15.9 Å². The van der Waals surface area contributed by atoms with Crippen molar-refractivity contribution in [2.45, 2.75) is 27.7 Å². The molecule has 0 saturated carbocycles. The lowest BCUT2D eigenvalue weighted by molar-refractivity contribution is -0.141. The van der Waals surface area contributed by atoms with Crippen LogP contribution in [0.2, 0.25) is 0 Å². The molecule has 0 bridgehead atoms. The van der Waals surface area contributed by atoms with Gasteiger partial charge in [0.1, 0.15) is 0 Å². The van der Waals surface area contributed by atoms with Crippen LogP contribution in [-0.4, -0.2) is 29.1 Å². The van der Waals surface area contributed by atoms with Crippen LogP contribution in [0.25, 0.3) is 0 Å². The number of nitrogens with zero attached hydrogens (tertiary/aromatic N) is 3. The van der Waals surface area contributed by atoms with Crippen LogP contribution in [0.4, 0.5) is 17.1 Å². The van der Waals surface area contributed by atoms with Crippen molar-refractivity contribution in [1.82, 2.24) is 0 Å². The first-order valence-electron chi connectivity index (χ1n) is 13.0. The first kappa shape index (κ1) is 30.1. The third-order valence-electron chi connectivity index (χ3n) is 6.20. The van der Waals surface area contributed by atoms with Gasteiger partial charge in [0.25, 0.3) is 0 Å². The summed E-state index contributed by atoms with van der Waals surface area (Å²) < 4.78 is 0.905. The maximum absolute atomic E-state index is 13.1. The van der Waals surface area contributed by atoms with Crippen molar-refractivity contribution in [3.8, 4) is 0 Å². The Kier molecular flexibility index (Phi) is 9.77. The summed E-state index contributed by atoms with van der Waals surface area (Å²) in [5.74, 6) is -1.05. The lowest BCUT2D eigenvalue weighted by Crippen LogP contribution is -2.11. The molecule has 8 nitrogen and oxygen atoms in total. The number of hydrogen-bond acceptors (Lipinski definition) is 8. The average Bonchev–Trinajstić information content (AvgIpc) is 3.00. The SMILES string of the molecule is CC(=O)ON=C(C)c1ccc(N(c2ccc(C(=O)c3ccc(Br)cc3)cc2)c2ccc(C(C)=NOC(C)=O)cc2)cc1. The predicted octanol–water partition coefficient (Wildman–Crippen LogP) is 7.72. The normalized spacial score (nSPS) is 11.5. The zero-order chi connectivity index (χ0) is 30.2. The van der Waals surface area contributed by atoms with Crippen LogP contribution in [0.1, 0.15) is 54.7 Å². The number of anilines is 3. The second kappa shape index (κ2) is 13.6. The van der Waals surface area contributed by atoms with Crippen molar-refractivity contribution in [3.05, 3.63) is 124 Å². The van der Waals surface area contributed by atoms with Gasteiger partial charge in [0.05, 0.1) is 11.4 Å². The van der Waals surface area contributed by atoms with Gasteiger partial charge in [0, 0.05) is 46.5 Å². The molecule has 0 heterocycles. The fourth-order valence-electron chi connectivity index (χ4n) is 4.05. The maximum atomic E-state index is 13.1. The lowest BCUT2D eigenvalue weighted by Gasteiger charge is -2.26. The average molecular weight is 627 g/mol. The molecule has 0 fully saturated rings. The topological polar surface area (TPSA) is 97.6 Å². The molecule has 0 spiro atoms. The third kappa shape index (κ3) is 7.64. The summed E-state index contributed by atoms with van der Waals surface area (Å²) in [6.45, 7) is 6.11. The molecule has 0 unspecified atom stereocenters. The van der Waals surface area contributed by atoms with E-state index < -0.39 is 11.9 Å². The van der Waals surface area contributed by atoms with Gasteiger partial charge in [0.2, 0.25) is 0 Å². The van der Waals surface area contributed by atoms with Gasteiger partial charge in [-0.25, -0.2) is 9.59 Å². The van der Waals surface area contributed by atoms with Gasteiger partial charge in [-0.15, -0.1) is 0 Å². The Hall–Kier alpha value is -4.89. The van der Waals surface area contributed by atoms with Crippen LogP contribution in [-0.2, 0) is 19.3 Å². The zero-order valence-electron chi connectivity index (χ0n) is 23.5. The summed E-state index contributed by atoms with van der Waals surface area (Å²) in [5, 5.41) is 7.74. The summed E-state index contributed by atoms with van der Waals surface area (Å²) in [6.07, 6.45) is 0. The Morgan fingerprint density at radius 3 is 1.17 bits per heavy atom. The molecule has 0 aliphatic heterocycles. The fraction of sp³-hybridized carbons (Fsp3) is 0.121. The van der Waals surface area contributed by atoms with Crippen molar-refractivity contribution in [3.63, 3.8) is 0 Å². The molecule has 4 aromatic rings. The molecule has 4 rings (SSSR count). The smallest absolute Gasteiger partial charge is 0.318 e. The summed E-state index contributed by atoms with van der Waals surface area (Å²) in [4.78, 5) is 46.9. The van der Waals surface area contributed by atoms with E-state index in [2.05, 4.69) is 26.2 Å². The van der Waals surface area contributed by atoms with Gasteiger partial charge in [-0.3, -0.25) is 4.79 Å². The quantitative estimate of drug-likeness (QED) is 0.0817. The zero-order valence-corrected chi connectivity index (χ0v) is 25.1. The van der Waals surface area contributed by atoms with E-state index in [9.17, 15) is 14.4 Å². The minimum Gasteiger partial charge on any atom is -0.318 e. The Bertz CT molecular complexity index is 1570. The number of halogens is 1. The van der Waals surface area contributed by atoms with E-state index in [4.69, 9.17) is 9.68 Å². The standard InChI is InChI=1S/C33H28BrN3O5/c1-21(35-41-23(3)38)25-7-15-30(16-8-25)37(31-17-9-26(10-18-31)22(2)36-42-24(4)39)32-19-11-28(12-20-32)33(40)27-5-13-29(34)14-6-27/h5-20H,1-4H3. The van der Waals surface area contributed by atoms with Crippen molar-refractivity contribution in [1.29, 1.82) is 0 Å². The van der Waals surface area contributed by atoms with Crippen LogP contribution in [0.3, 0.4) is 0 Å². The lowest BCUT2D eigenvalue weighted by atomic mass is 10.0. The Morgan fingerprint density at radius 1 is 0.524 bits per heavy atom. The molecular formula is C33H28BrN3O5. The number of rotatable bonds is 9. The van der Waals surface area contributed by atoms with E-state index in [0.717, 1.165) is 32.7 Å². The highest BCUT2D eigenvalue weighted by atomic mass is 79.9. The highest BCUT2D eigenvalue weighted by molar-refractivity contribution is 9.10. The molecule has 0 atom stereocenters. The Balaban J connectivity index is 1.69. The fourth-order valence-corrected chi connectivity index (χ4v) is 4.32. The van der Waals surface area contributed by atoms with Gasteiger partial charge >= 0.3 is 11.9 Å². The van der Waals surface area contributed by atoms with Gasteiger partial charge in [0.15, 0.2) is 5.78 Å². The summed E-state index contributed by atoms with van der Waals surface area (Å²) in [6, 6.07) is 30.0. The summed E-state index contributed by atoms with van der Waals surface area (Å²) in [5.41, 5.74) is 6.42. The predicted molar refractivity (Wildman–Crippen MR) is 167 cm³/mol. The Morgan fingerprint density at radius 2 is 0.833 bits per heavy atom. The largest absolute Gasteiger partial charge is 0.331 e. The Labute approximate surface area is 252 Å². The van der Waals surface area contributed by atoms with E-state index in [1.807, 2.05) is 77.7 Å². The third-order valence-corrected chi connectivity index (χ3v) is 6.73. The minimum atomic E-state index is -0.490. The molecule has 0 saturated heterocycles. The van der Waals surface area contributed by atoms with E-state index in [-0.39, 0.29) is 5.78 Å². The van der Waals surface area contributed by atoms with Crippen molar-refractivity contribution in [2.24, 2.45) is 10.3 Å². The van der Waals surface area contributed by atoms with Gasteiger partial charge in [-0.2, -0.15) is 0 Å². The summed E-state index contributed by atoms with van der Waals surface area (Å²) >= 11 is 3.40. The first-order valence-corrected chi connectivity index (χ1v) is 13.8. The van der Waals surface area contributed by atoms with E-state index in [0.29, 0.717) is 22.6 Å². The second-order valence-corrected chi connectivity index (χ2v) is 10.2. The molecule has 0 N–H and O–H groups in total. The summed E-state index contributed by atoms with van der Waals surface area (Å²) in [7, 11) is 0. The molecule has 0 aromatic heterocycles. The molecule has 4 aromatic carbocycles. The van der Waals surface area contributed by atoms with Crippen LogP contribution < -0.4 is 4.90 Å². The second-order valence-electron chi connectivity index (χ2n) is 9.33. The first-order chi connectivity index (χ1) is 20.1.